The Bertz CT molecular complexity index is 797. The molecule has 24 heavy (non-hydrogen) atoms. The highest BCUT2D eigenvalue weighted by atomic mass is 35.5. The molecule has 1 heterocycles. The minimum Gasteiger partial charge on any atom is -0.391 e. The van der Waals surface area contributed by atoms with Gasteiger partial charge in [-0.2, -0.15) is 9.78 Å². The lowest BCUT2D eigenvalue weighted by Crippen LogP contribution is -2.33. The molecule has 1 aromatic heterocycles. The first-order valence-corrected chi connectivity index (χ1v) is 8.33. The van der Waals surface area contributed by atoms with Gasteiger partial charge in [-0.15, -0.1) is 0 Å². The van der Waals surface area contributed by atoms with Gasteiger partial charge in [-0.25, -0.2) is 0 Å². The standard InChI is InChI=1S/C17H21Cl2N3O2/c1-10-5-6-11(7-12(10)18)22-16(24)15(19)13(8-21-22)20-9-14(23)17(2,3)4/h5-8,14,20,23H,9H2,1-4H3. The average molecular weight is 370 g/mol. The van der Waals surface area contributed by atoms with E-state index in [-0.39, 0.29) is 17.0 Å². The summed E-state index contributed by atoms with van der Waals surface area (Å²) in [7, 11) is 0. The molecule has 0 spiro atoms. The van der Waals surface area contributed by atoms with Crippen molar-refractivity contribution >= 4 is 28.9 Å². The minimum absolute atomic E-state index is 0.0165. The number of aliphatic hydroxyl groups excluding tert-OH is 1. The first kappa shape index (κ1) is 18.8. The monoisotopic (exact) mass is 369 g/mol. The Morgan fingerprint density at radius 1 is 1.33 bits per heavy atom. The molecule has 7 heteroatoms. The summed E-state index contributed by atoms with van der Waals surface area (Å²) >= 11 is 12.3. The van der Waals surface area contributed by atoms with Crippen molar-refractivity contribution in [3.63, 3.8) is 0 Å². The van der Waals surface area contributed by atoms with Crippen LogP contribution in [-0.2, 0) is 0 Å². The summed E-state index contributed by atoms with van der Waals surface area (Å²) in [6.45, 7) is 7.93. The van der Waals surface area contributed by atoms with Gasteiger partial charge in [-0.1, -0.05) is 50.0 Å². The summed E-state index contributed by atoms with van der Waals surface area (Å²) in [6.07, 6.45) is 0.874. The molecule has 1 aromatic carbocycles. The number of aliphatic hydroxyl groups is 1. The van der Waals surface area contributed by atoms with Crippen molar-refractivity contribution in [3.8, 4) is 5.69 Å². The summed E-state index contributed by atoms with van der Waals surface area (Å²) in [6, 6.07) is 5.23. The van der Waals surface area contributed by atoms with Gasteiger partial charge in [0.05, 0.1) is 23.7 Å². The van der Waals surface area contributed by atoms with Gasteiger partial charge in [0.2, 0.25) is 0 Å². The molecule has 0 aliphatic rings. The molecule has 0 fully saturated rings. The maximum absolute atomic E-state index is 12.5. The number of halogens is 2. The third-order valence-corrected chi connectivity index (χ3v) is 4.58. The maximum atomic E-state index is 12.5. The van der Waals surface area contributed by atoms with Crippen LogP contribution in [0.15, 0.2) is 29.2 Å². The Balaban J connectivity index is 2.29. The van der Waals surface area contributed by atoms with Crippen molar-refractivity contribution in [2.45, 2.75) is 33.8 Å². The second-order valence-corrected chi connectivity index (χ2v) is 7.57. The fourth-order valence-electron chi connectivity index (χ4n) is 1.97. The molecule has 2 rings (SSSR count). The second kappa shape index (κ2) is 7.13. The molecule has 0 saturated carbocycles. The third kappa shape index (κ3) is 4.09. The number of benzene rings is 1. The first-order chi connectivity index (χ1) is 11.1. The number of nitrogens with one attached hydrogen (secondary N) is 1. The van der Waals surface area contributed by atoms with Crippen molar-refractivity contribution in [1.82, 2.24) is 9.78 Å². The zero-order valence-corrected chi connectivity index (χ0v) is 15.6. The van der Waals surface area contributed by atoms with Crippen LogP contribution < -0.4 is 10.9 Å². The quantitative estimate of drug-likeness (QED) is 0.862. The Labute approximate surface area is 151 Å². The van der Waals surface area contributed by atoms with Crippen LogP contribution in [0.4, 0.5) is 5.69 Å². The lowest BCUT2D eigenvalue weighted by molar-refractivity contribution is 0.0746. The van der Waals surface area contributed by atoms with Gasteiger partial charge in [0.15, 0.2) is 0 Å². The molecule has 2 N–H and O–H groups in total. The lowest BCUT2D eigenvalue weighted by Gasteiger charge is -2.26. The topological polar surface area (TPSA) is 67.2 Å². The Morgan fingerprint density at radius 2 is 2.00 bits per heavy atom. The molecule has 0 aliphatic carbocycles. The van der Waals surface area contributed by atoms with Gasteiger partial charge in [0.1, 0.15) is 5.02 Å². The van der Waals surface area contributed by atoms with Crippen LogP contribution in [0.3, 0.4) is 0 Å². The van der Waals surface area contributed by atoms with E-state index in [0.29, 0.717) is 16.4 Å². The van der Waals surface area contributed by atoms with Crippen LogP contribution >= 0.6 is 23.2 Å². The molecule has 0 bridgehead atoms. The van der Waals surface area contributed by atoms with E-state index in [2.05, 4.69) is 10.4 Å². The smallest absolute Gasteiger partial charge is 0.292 e. The summed E-state index contributed by atoms with van der Waals surface area (Å²) in [5, 5.41) is 17.8. The summed E-state index contributed by atoms with van der Waals surface area (Å²) in [5.74, 6) is 0. The summed E-state index contributed by atoms with van der Waals surface area (Å²) in [5.41, 5.74) is 1.11. The molecule has 5 nitrogen and oxygen atoms in total. The van der Waals surface area contributed by atoms with Gasteiger partial charge in [-0.3, -0.25) is 4.79 Å². The number of aryl methyl sites for hydroxylation is 1. The van der Waals surface area contributed by atoms with Crippen molar-refractivity contribution < 1.29 is 5.11 Å². The maximum Gasteiger partial charge on any atom is 0.292 e. The predicted molar refractivity (Wildman–Crippen MR) is 98.5 cm³/mol. The molecule has 1 atom stereocenters. The Morgan fingerprint density at radius 3 is 2.58 bits per heavy atom. The molecule has 0 radical (unpaired) electrons. The molecule has 130 valence electrons. The number of aromatic nitrogens is 2. The predicted octanol–water partition coefficient (Wildman–Crippen LogP) is 3.67. The van der Waals surface area contributed by atoms with E-state index in [0.717, 1.165) is 5.56 Å². The normalized spacial score (nSPS) is 13.0. The highest BCUT2D eigenvalue weighted by Gasteiger charge is 2.22. The van der Waals surface area contributed by atoms with Crippen molar-refractivity contribution in [3.05, 3.63) is 50.4 Å². The first-order valence-electron chi connectivity index (χ1n) is 7.57. The summed E-state index contributed by atoms with van der Waals surface area (Å²) < 4.78 is 1.19. The van der Waals surface area contributed by atoms with Crippen LogP contribution in [0, 0.1) is 12.3 Å². The number of hydrogen-bond acceptors (Lipinski definition) is 4. The largest absolute Gasteiger partial charge is 0.391 e. The SMILES string of the molecule is Cc1ccc(-n2ncc(NCC(O)C(C)(C)C)c(Cl)c2=O)cc1Cl. The van der Waals surface area contributed by atoms with Gasteiger partial charge in [0.25, 0.3) is 5.56 Å². The van der Waals surface area contributed by atoms with Crippen molar-refractivity contribution in [2.24, 2.45) is 5.41 Å². The van der Waals surface area contributed by atoms with Gasteiger partial charge in [-0.05, 0) is 30.0 Å². The van der Waals surface area contributed by atoms with E-state index in [1.165, 1.54) is 10.9 Å². The molecule has 0 saturated heterocycles. The number of anilines is 1. The molecular formula is C17H21Cl2N3O2. The molecular weight excluding hydrogens is 349 g/mol. The van der Waals surface area contributed by atoms with Crippen LogP contribution in [-0.4, -0.2) is 27.5 Å². The van der Waals surface area contributed by atoms with E-state index in [1.807, 2.05) is 33.8 Å². The summed E-state index contributed by atoms with van der Waals surface area (Å²) in [4.78, 5) is 12.5. The molecule has 0 amide bonds. The van der Waals surface area contributed by atoms with E-state index in [9.17, 15) is 9.90 Å². The number of hydrogen-bond donors (Lipinski definition) is 2. The van der Waals surface area contributed by atoms with Crippen LogP contribution in [0.1, 0.15) is 26.3 Å². The van der Waals surface area contributed by atoms with Crippen molar-refractivity contribution in [2.75, 3.05) is 11.9 Å². The van der Waals surface area contributed by atoms with Gasteiger partial charge < -0.3 is 10.4 Å². The third-order valence-electron chi connectivity index (χ3n) is 3.80. The average Bonchev–Trinajstić information content (AvgIpc) is 2.50. The Kier molecular flexibility index (Phi) is 5.58. The van der Waals surface area contributed by atoms with Gasteiger partial charge >= 0.3 is 0 Å². The van der Waals surface area contributed by atoms with E-state index < -0.39 is 11.7 Å². The number of rotatable bonds is 4. The highest BCUT2D eigenvalue weighted by molar-refractivity contribution is 6.33. The van der Waals surface area contributed by atoms with Gasteiger partial charge in [0, 0.05) is 11.6 Å². The van der Waals surface area contributed by atoms with E-state index in [1.54, 1.807) is 12.1 Å². The van der Waals surface area contributed by atoms with E-state index >= 15 is 0 Å². The zero-order chi connectivity index (χ0) is 18.1. The Hall–Kier alpha value is -1.56. The minimum atomic E-state index is -0.591. The highest BCUT2D eigenvalue weighted by Crippen LogP contribution is 2.22. The van der Waals surface area contributed by atoms with E-state index in [4.69, 9.17) is 23.2 Å². The zero-order valence-electron chi connectivity index (χ0n) is 14.1. The van der Waals surface area contributed by atoms with Crippen LogP contribution in [0.25, 0.3) is 5.69 Å². The molecule has 1 unspecified atom stereocenters. The van der Waals surface area contributed by atoms with Crippen LogP contribution in [0.5, 0.6) is 0 Å². The fraction of sp³-hybridized carbons (Fsp3) is 0.412. The number of nitrogens with zero attached hydrogens (tertiary/aromatic N) is 2. The lowest BCUT2D eigenvalue weighted by atomic mass is 9.89. The van der Waals surface area contributed by atoms with Crippen LogP contribution in [0.2, 0.25) is 10.0 Å². The molecule has 2 aromatic rings. The fourth-order valence-corrected chi connectivity index (χ4v) is 2.34. The molecule has 0 aliphatic heterocycles. The van der Waals surface area contributed by atoms with Crippen molar-refractivity contribution in [1.29, 1.82) is 0 Å². The second-order valence-electron chi connectivity index (χ2n) is 6.79.